The quantitative estimate of drug-likeness (QED) is 0.860. The van der Waals surface area contributed by atoms with Crippen LogP contribution in [-0.2, 0) is 0 Å². The van der Waals surface area contributed by atoms with E-state index in [1.807, 2.05) is 0 Å². The van der Waals surface area contributed by atoms with E-state index in [9.17, 15) is 13.9 Å². The van der Waals surface area contributed by atoms with Crippen molar-refractivity contribution in [3.05, 3.63) is 28.2 Å². The molecule has 5 nitrogen and oxygen atoms in total. The molecule has 7 heteroatoms. The van der Waals surface area contributed by atoms with Crippen LogP contribution in [0.4, 0.5) is 0 Å². The number of rotatable bonds is 2. The molecule has 0 radical (unpaired) electrons. The average molecular weight is 350 g/mol. The van der Waals surface area contributed by atoms with Crippen molar-refractivity contribution in [3.8, 4) is 5.75 Å². The van der Waals surface area contributed by atoms with E-state index >= 15 is 0 Å². The smallest absolute Gasteiger partial charge is 0.254 e. The van der Waals surface area contributed by atoms with Gasteiger partial charge in [0.1, 0.15) is 5.75 Å². The number of hydrogen-bond donors (Lipinski definition) is 2. The molecule has 2 rings (SSSR count). The van der Waals surface area contributed by atoms with E-state index in [0.717, 1.165) is 4.47 Å². The zero-order valence-electron chi connectivity index (χ0n) is 10.5. The third-order valence-electron chi connectivity index (χ3n) is 3.06. The number of carbonyl (C=O) groups excluding carboxylic acids is 1. The maximum atomic E-state index is 12.3. The molecule has 0 bridgehead atoms. The van der Waals surface area contributed by atoms with Gasteiger partial charge in [-0.25, -0.2) is 0 Å². The van der Waals surface area contributed by atoms with Crippen molar-refractivity contribution >= 4 is 32.4 Å². The molecular weight excluding hydrogens is 334 g/mol. The molecule has 1 aromatic carbocycles. The van der Waals surface area contributed by atoms with Crippen molar-refractivity contribution in [2.24, 2.45) is 0 Å². The van der Waals surface area contributed by atoms with E-state index < -0.39 is 10.6 Å². The Kier molecular flexibility index (Phi) is 4.39. The molecule has 0 unspecified atom stereocenters. The van der Waals surface area contributed by atoms with Crippen molar-refractivity contribution in [1.29, 1.82) is 0 Å². The van der Waals surface area contributed by atoms with Crippen LogP contribution < -0.4 is 4.74 Å². The monoisotopic (exact) mass is 349 g/mol. The van der Waals surface area contributed by atoms with Gasteiger partial charge in [-0.15, -0.1) is 0 Å². The molecule has 1 fully saturated rings. The standard InChI is InChI=1S/C12H16BrNO4S/c1-18-11-8-9(2-3-10(11)13)12(15)14-4-6-19(16,17)7-5-14/h2-3,8,16-17H,4-7H2,1H3. The minimum atomic E-state index is -2.48. The molecule has 1 heterocycles. The van der Waals surface area contributed by atoms with Crippen LogP contribution in [0.25, 0.3) is 0 Å². The van der Waals surface area contributed by atoms with Gasteiger partial charge >= 0.3 is 0 Å². The molecular formula is C12H16BrNO4S. The maximum Gasteiger partial charge on any atom is 0.254 e. The highest BCUT2D eigenvalue weighted by molar-refractivity contribution is 9.10. The van der Waals surface area contributed by atoms with Gasteiger partial charge in [0.05, 0.1) is 23.1 Å². The Balaban J connectivity index is 2.12. The summed E-state index contributed by atoms with van der Waals surface area (Å²) in [5, 5.41) is 0. The molecule has 19 heavy (non-hydrogen) atoms. The van der Waals surface area contributed by atoms with Gasteiger partial charge in [0.2, 0.25) is 0 Å². The number of hydrogen-bond acceptors (Lipinski definition) is 4. The number of nitrogens with zero attached hydrogens (tertiary/aromatic N) is 1. The summed E-state index contributed by atoms with van der Waals surface area (Å²) in [6.45, 7) is 0.749. The zero-order valence-corrected chi connectivity index (χ0v) is 12.9. The van der Waals surface area contributed by atoms with Gasteiger partial charge in [-0.1, -0.05) is 0 Å². The lowest BCUT2D eigenvalue weighted by molar-refractivity contribution is 0.0767. The van der Waals surface area contributed by atoms with Crippen LogP contribution in [0.2, 0.25) is 0 Å². The van der Waals surface area contributed by atoms with Gasteiger partial charge in [0, 0.05) is 18.7 Å². The number of benzene rings is 1. The topological polar surface area (TPSA) is 70.0 Å². The molecule has 0 aromatic heterocycles. The zero-order chi connectivity index (χ0) is 14.0. The van der Waals surface area contributed by atoms with Crippen molar-refractivity contribution in [3.63, 3.8) is 0 Å². The molecule has 2 N–H and O–H groups in total. The second kappa shape index (κ2) is 5.70. The van der Waals surface area contributed by atoms with Gasteiger partial charge < -0.3 is 9.64 Å². The van der Waals surface area contributed by atoms with E-state index in [1.54, 1.807) is 30.2 Å². The summed E-state index contributed by atoms with van der Waals surface area (Å²) in [7, 11) is -0.931. The van der Waals surface area contributed by atoms with Crippen LogP contribution in [0.15, 0.2) is 22.7 Å². The summed E-state index contributed by atoms with van der Waals surface area (Å²) in [6.07, 6.45) is 0. The summed E-state index contributed by atoms with van der Waals surface area (Å²) >= 11 is 3.34. The highest BCUT2D eigenvalue weighted by Crippen LogP contribution is 2.40. The minimum Gasteiger partial charge on any atom is -0.496 e. The van der Waals surface area contributed by atoms with Crippen LogP contribution in [0, 0.1) is 0 Å². The van der Waals surface area contributed by atoms with Gasteiger partial charge in [-0.05, 0) is 34.1 Å². The van der Waals surface area contributed by atoms with E-state index in [4.69, 9.17) is 4.74 Å². The Hall–Kier alpha value is -0.760. The summed E-state index contributed by atoms with van der Waals surface area (Å²) in [5.41, 5.74) is 0.540. The van der Waals surface area contributed by atoms with Gasteiger partial charge in [-0.2, -0.15) is 10.6 Å². The van der Waals surface area contributed by atoms with Crippen LogP contribution >= 0.6 is 26.5 Å². The maximum absolute atomic E-state index is 12.3. The average Bonchev–Trinajstić information content (AvgIpc) is 2.38. The molecule has 1 saturated heterocycles. The minimum absolute atomic E-state index is 0.110. The summed E-state index contributed by atoms with van der Waals surface area (Å²) in [5.74, 6) is 1.01. The van der Waals surface area contributed by atoms with E-state index in [0.29, 0.717) is 24.4 Å². The Morgan fingerprint density at radius 2 is 2.00 bits per heavy atom. The first-order valence-corrected chi connectivity index (χ1v) is 8.47. The normalized spacial score (nSPS) is 19.9. The second-order valence-electron chi connectivity index (χ2n) is 4.35. The summed E-state index contributed by atoms with van der Waals surface area (Å²) in [4.78, 5) is 13.9. The van der Waals surface area contributed by atoms with Crippen LogP contribution in [0.3, 0.4) is 0 Å². The third kappa shape index (κ3) is 3.42. The van der Waals surface area contributed by atoms with Crippen LogP contribution in [-0.4, -0.2) is 51.6 Å². The third-order valence-corrected chi connectivity index (χ3v) is 5.39. The fourth-order valence-electron chi connectivity index (χ4n) is 1.91. The van der Waals surface area contributed by atoms with Crippen molar-refractivity contribution < 1.29 is 18.6 Å². The first-order chi connectivity index (χ1) is 8.93. The SMILES string of the molecule is COc1cc(C(=O)N2CCS(O)(O)CC2)ccc1Br. The largest absolute Gasteiger partial charge is 0.496 e. The molecule has 0 aliphatic carbocycles. The molecule has 106 valence electrons. The second-order valence-corrected chi connectivity index (χ2v) is 7.63. The van der Waals surface area contributed by atoms with Crippen molar-refractivity contribution in [1.82, 2.24) is 4.90 Å². The molecule has 0 atom stereocenters. The number of methoxy groups -OCH3 is 1. The fourth-order valence-corrected chi connectivity index (χ4v) is 3.54. The summed E-state index contributed by atoms with van der Waals surface area (Å²) < 4.78 is 25.0. The van der Waals surface area contributed by atoms with E-state index in [2.05, 4.69) is 15.9 Å². The Bertz CT molecular complexity index is 485. The predicted molar refractivity (Wildman–Crippen MR) is 79.2 cm³/mol. The van der Waals surface area contributed by atoms with Gasteiger partial charge in [-0.3, -0.25) is 13.9 Å². The number of amides is 1. The lowest BCUT2D eigenvalue weighted by Crippen LogP contribution is -2.42. The van der Waals surface area contributed by atoms with Crippen molar-refractivity contribution in [2.75, 3.05) is 31.7 Å². The first kappa shape index (κ1) is 14.6. The highest BCUT2D eigenvalue weighted by atomic mass is 79.9. The lowest BCUT2D eigenvalue weighted by atomic mass is 10.2. The molecule has 0 spiro atoms. The molecule has 1 aromatic rings. The Labute approximate surface area is 122 Å². The molecule has 1 amide bonds. The molecule has 1 aliphatic rings. The van der Waals surface area contributed by atoms with Gasteiger partial charge in [0.25, 0.3) is 5.91 Å². The van der Waals surface area contributed by atoms with Crippen LogP contribution in [0.5, 0.6) is 5.75 Å². The number of ether oxygens (including phenoxy) is 1. The van der Waals surface area contributed by atoms with Crippen LogP contribution in [0.1, 0.15) is 10.4 Å². The number of halogens is 1. The molecule has 0 saturated carbocycles. The van der Waals surface area contributed by atoms with Gasteiger partial charge in [0.15, 0.2) is 0 Å². The van der Waals surface area contributed by atoms with Crippen molar-refractivity contribution in [2.45, 2.75) is 0 Å². The lowest BCUT2D eigenvalue weighted by Gasteiger charge is -2.40. The van der Waals surface area contributed by atoms with E-state index in [-0.39, 0.29) is 17.4 Å². The number of carbonyl (C=O) groups is 1. The highest BCUT2D eigenvalue weighted by Gasteiger charge is 2.26. The van der Waals surface area contributed by atoms with E-state index in [1.165, 1.54) is 0 Å². The first-order valence-electron chi connectivity index (χ1n) is 5.79. The Morgan fingerprint density at radius 1 is 1.37 bits per heavy atom. The fraction of sp³-hybridized carbons (Fsp3) is 0.417. The summed E-state index contributed by atoms with van der Waals surface area (Å²) in [6, 6.07) is 5.17. The Morgan fingerprint density at radius 3 is 2.58 bits per heavy atom. The predicted octanol–water partition coefficient (Wildman–Crippen LogP) is 2.66. The molecule has 1 aliphatic heterocycles.